The molecule has 0 fully saturated rings. The highest BCUT2D eigenvalue weighted by atomic mass is 19.2. The van der Waals surface area contributed by atoms with E-state index in [9.17, 15) is 8.78 Å². The lowest BCUT2D eigenvalue weighted by Crippen LogP contribution is -2.58. The number of hydrogen-bond donors (Lipinski definition) is 0. The Balaban J connectivity index is 2.54. The lowest BCUT2D eigenvalue weighted by atomic mass is 9.34. The van der Waals surface area contributed by atoms with Crippen LogP contribution in [0.3, 0.4) is 0 Å². The Labute approximate surface area is 189 Å². The van der Waals surface area contributed by atoms with Crippen molar-refractivity contribution in [1.82, 2.24) is 0 Å². The Kier molecular flexibility index (Phi) is 7.20. The molecule has 0 aromatic heterocycles. The minimum absolute atomic E-state index is 0.0326. The monoisotopic (exact) mass is 458 g/mol. The van der Waals surface area contributed by atoms with Gasteiger partial charge in [-0.15, -0.1) is 0 Å². The summed E-state index contributed by atoms with van der Waals surface area (Å²) in [5, 5.41) is 0. The maximum atomic E-state index is 15.3. The van der Waals surface area contributed by atoms with Crippen molar-refractivity contribution in [2.24, 2.45) is 0 Å². The van der Waals surface area contributed by atoms with Gasteiger partial charge in [0.05, 0.1) is 0 Å². The van der Waals surface area contributed by atoms with Gasteiger partial charge in [0.1, 0.15) is 34.9 Å². The Morgan fingerprint density at radius 1 is 0.788 bits per heavy atom. The van der Waals surface area contributed by atoms with E-state index >= 15 is 17.6 Å². The first kappa shape index (κ1) is 24.4. The standard InChI is InChI=1S/C26H21BF6/c1-5-7-16-10-17(28)12-22(32)24(16)27(26-20(30)8-15(6-2)9-21(26)31)25-19(14(3)4)11-18(29)13-23(25)33/h5,7-13H,3,6H2,1-2,4H3/b7-5+. The molecule has 7 heteroatoms. The first-order valence-electron chi connectivity index (χ1n) is 10.3. The van der Waals surface area contributed by atoms with E-state index in [0.29, 0.717) is 24.1 Å². The van der Waals surface area contributed by atoms with Gasteiger partial charge in [-0.1, -0.05) is 31.2 Å². The van der Waals surface area contributed by atoms with Crippen LogP contribution in [0.4, 0.5) is 26.3 Å². The largest absolute Gasteiger partial charge is 0.258 e. The third-order valence-corrected chi connectivity index (χ3v) is 5.44. The van der Waals surface area contributed by atoms with Crippen LogP contribution in [0.25, 0.3) is 11.6 Å². The SMILES string of the molecule is C=C(C)c1cc(F)cc(F)c1B(c1c(F)cc(CC)cc1F)c1c(F)cc(F)cc1/C=C/C. The highest BCUT2D eigenvalue weighted by Crippen LogP contribution is 2.19. The molecule has 0 aliphatic heterocycles. The summed E-state index contributed by atoms with van der Waals surface area (Å²) in [5.41, 5.74) is -0.876. The van der Waals surface area contributed by atoms with E-state index in [1.165, 1.54) is 19.1 Å². The molecule has 0 aliphatic carbocycles. The van der Waals surface area contributed by atoms with Crippen molar-refractivity contribution >= 4 is 34.8 Å². The second-order valence-corrected chi connectivity index (χ2v) is 7.78. The van der Waals surface area contributed by atoms with Gasteiger partial charge >= 0.3 is 0 Å². The molecular formula is C26H21BF6. The van der Waals surface area contributed by atoms with E-state index in [2.05, 4.69) is 6.58 Å². The topological polar surface area (TPSA) is 0 Å². The van der Waals surface area contributed by atoms with E-state index in [-0.39, 0.29) is 27.6 Å². The molecule has 0 amide bonds. The molecule has 0 radical (unpaired) electrons. The zero-order valence-electron chi connectivity index (χ0n) is 18.4. The summed E-state index contributed by atoms with van der Waals surface area (Å²) in [5.74, 6) is -6.14. The second-order valence-electron chi connectivity index (χ2n) is 7.78. The molecule has 0 N–H and O–H groups in total. The normalized spacial score (nSPS) is 11.3. The van der Waals surface area contributed by atoms with E-state index < -0.39 is 47.1 Å². The quantitative estimate of drug-likeness (QED) is 0.330. The molecule has 3 aromatic carbocycles. The van der Waals surface area contributed by atoms with Crippen molar-refractivity contribution in [1.29, 1.82) is 0 Å². The number of benzene rings is 3. The number of hydrogen-bond acceptors (Lipinski definition) is 0. The van der Waals surface area contributed by atoms with Crippen LogP contribution in [0.5, 0.6) is 0 Å². The van der Waals surface area contributed by atoms with E-state index in [1.807, 2.05) is 0 Å². The fraction of sp³-hybridized carbons (Fsp3) is 0.154. The number of rotatable bonds is 6. The summed E-state index contributed by atoms with van der Waals surface area (Å²) in [6, 6.07) is 5.26. The summed E-state index contributed by atoms with van der Waals surface area (Å²) in [6.07, 6.45) is 3.17. The van der Waals surface area contributed by atoms with Crippen molar-refractivity contribution < 1.29 is 26.3 Å². The van der Waals surface area contributed by atoms with Crippen LogP contribution in [0.1, 0.15) is 37.5 Å². The van der Waals surface area contributed by atoms with Crippen molar-refractivity contribution in [3.8, 4) is 0 Å². The average Bonchev–Trinajstić information content (AvgIpc) is 2.71. The van der Waals surface area contributed by atoms with Crippen LogP contribution in [0.15, 0.2) is 49.1 Å². The maximum Gasteiger partial charge on any atom is 0.258 e. The molecule has 170 valence electrons. The third-order valence-electron chi connectivity index (χ3n) is 5.44. The third kappa shape index (κ3) is 4.77. The minimum Gasteiger partial charge on any atom is -0.207 e. The first-order valence-corrected chi connectivity index (χ1v) is 10.3. The van der Waals surface area contributed by atoms with Crippen LogP contribution in [0, 0.1) is 34.9 Å². The summed E-state index contributed by atoms with van der Waals surface area (Å²) < 4.78 is 89.3. The van der Waals surface area contributed by atoms with E-state index in [1.54, 1.807) is 13.8 Å². The molecule has 0 heterocycles. The Bertz CT molecular complexity index is 1240. The van der Waals surface area contributed by atoms with E-state index in [0.717, 1.165) is 24.3 Å². The number of allylic oxidation sites excluding steroid dienone is 2. The molecule has 0 saturated heterocycles. The number of aryl methyl sites for hydroxylation is 1. The minimum atomic E-state index is -1.69. The molecule has 0 atom stereocenters. The molecular weight excluding hydrogens is 437 g/mol. The maximum absolute atomic E-state index is 15.3. The van der Waals surface area contributed by atoms with E-state index in [4.69, 9.17) is 0 Å². The fourth-order valence-electron chi connectivity index (χ4n) is 4.01. The fourth-order valence-corrected chi connectivity index (χ4v) is 4.01. The lowest BCUT2D eigenvalue weighted by Gasteiger charge is -2.23. The van der Waals surface area contributed by atoms with Crippen LogP contribution in [0.2, 0.25) is 0 Å². The summed E-state index contributed by atoms with van der Waals surface area (Å²) in [4.78, 5) is 0. The summed E-state index contributed by atoms with van der Waals surface area (Å²) in [7, 11) is 0. The number of halogens is 6. The smallest absolute Gasteiger partial charge is 0.207 e. The van der Waals surface area contributed by atoms with Gasteiger partial charge in [0.2, 0.25) is 0 Å². The van der Waals surface area contributed by atoms with Crippen LogP contribution in [-0.4, -0.2) is 6.71 Å². The van der Waals surface area contributed by atoms with Gasteiger partial charge in [0.25, 0.3) is 6.71 Å². The average molecular weight is 458 g/mol. The van der Waals surface area contributed by atoms with Gasteiger partial charge in [-0.3, -0.25) is 0 Å². The molecule has 33 heavy (non-hydrogen) atoms. The lowest BCUT2D eigenvalue weighted by molar-refractivity contribution is 0.585. The second kappa shape index (κ2) is 9.73. The zero-order valence-corrected chi connectivity index (χ0v) is 18.4. The molecule has 3 rings (SSSR count). The molecule has 0 unspecified atom stereocenters. The highest BCUT2D eigenvalue weighted by Gasteiger charge is 2.36. The molecule has 0 saturated carbocycles. The molecule has 0 spiro atoms. The summed E-state index contributed by atoms with van der Waals surface area (Å²) in [6.45, 7) is 6.80. The van der Waals surface area contributed by atoms with Crippen LogP contribution >= 0.6 is 0 Å². The van der Waals surface area contributed by atoms with Gasteiger partial charge in [0, 0.05) is 17.6 Å². The van der Waals surface area contributed by atoms with Crippen molar-refractivity contribution in [3.63, 3.8) is 0 Å². The molecule has 0 bridgehead atoms. The highest BCUT2D eigenvalue weighted by molar-refractivity contribution is 6.96. The predicted molar refractivity (Wildman–Crippen MR) is 123 cm³/mol. The van der Waals surface area contributed by atoms with Crippen LogP contribution < -0.4 is 16.4 Å². The summed E-state index contributed by atoms with van der Waals surface area (Å²) >= 11 is 0. The van der Waals surface area contributed by atoms with Gasteiger partial charge < -0.3 is 0 Å². The van der Waals surface area contributed by atoms with Crippen molar-refractivity contribution in [2.45, 2.75) is 27.2 Å². The van der Waals surface area contributed by atoms with Crippen molar-refractivity contribution in [2.75, 3.05) is 0 Å². The first-order chi connectivity index (χ1) is 15.6. The van der Waals surface area contributed by atoms with Gasteiger partial charge in [-0.05, 0) is 72.1 Å². The van der Waals surface area contributed by atoms with Gasteiger partial charge in [0.15, 0.2) is 0 Å². The molecule has 0 nitrogen and oxygen atoms in total. The predicted octanol–water partition coefficient (Wildman–Crippen LogP) is 5.67. The van der Waals surface area contributed by atoms with Gasteiger partial charge in [-0.25, -0.2) is 26.3 Å². The van der Waals surface area contributed by atoms with Crippen LogP contribution in [-0.2, 0) is 6.42 Å². The molecule has 3 aromatic rings. The zero-order chi connectivity index (χ0) is 24.4. The Morgan fingerprint density at radius 3 is 1.82 bits per heavy atom. The molecule has 0 aliphatic rings. The van der Waals surface area contributed by atoms with Gasteiger partial charge in [-0.2, -0.15) is 0 Å². The van der Waals surface area contributed by atoms with Crippen molar-refractivity contribution in [3.05, 3.63) is 101 Å². The Hall–Kier alpha value is -3.22. The Morgan fingerprint density at radius 2 is 1.30 bits per heavy atom.